The van der Waals surface area contributed by atoms with Gasteiger partial charge in [0.2, 0.25) is 5.91 Å². The molecule has 0 saturated heterocycles. The summed E-state index contributed by atoms with van der Waals surface area (Å²) < 4.78 is 0. The fraction of sp³-hybridized carbons (Fsp3) is 0.471. The third-order valence-corrected chi connectivity index (χ3v) is 4.45. The molecule has 1 heterocycles. The van der Waals surface area contributed by atoms with E-state index in [1.54, 1.807) is 0 Å². The lowest BCUT2D eigenvalue weighted by atomic mass is 9.89. The van der Waals surface area contributed by atoms with Gasteiger partial charge in [-0.15, -0.1) is 0 Å². The normalized spacial score (nSPS) is 16.9. The van der Waals surface area contributed by atoms with Gasteiger partial charge in [-0.2, -0.15) is 0 Å². The molecule has 2 aliphatic rings. The molecular weight excluding hydrogens is 280 g/mol. The Hall–Kier alpha value is -2.17. The Morgan fingerprint density at radius 3 is 2.27 bits per heavy atom. The molecule has 0 aromatic heterocycles. The highest BCUT2D eigenvalue weighted by atomic mass is 16.2. The second-order valence-corrected chi connectivity index (χ2v) is 6.09. The molecule has 116 valence electrons. The highest BCUT2D eigenvalue weighted by Crippen LogP contribution is 2.36. The van der Waals surface area contributed by atoms with Crippen LogP contribution in [0.4, 0.5) is 11.4 Å². The molecular formula is C17H20N2O3. The van der Waals surface area contributed by atoms with Gasteiger partial charge >= 0.3 is 0 Å². The van der Waals surface area contributed by atoms with Crippen LogP contribution in [-0.2, 0) is 27.2 Å². The predicted octanol–water partition coefficient (Wildman–Crippen LogP) is 1.87. The second kappa shape index (κ2) is 5.55. The van der Waals surface area contributed by atoms with Crippen LogP contribution in [0.2, 0.25) is 0 Å². The zero-order valence-corrected chi connectivity index (χ0v) is 12.9. The molecule has 0 unspecified atom stereocenters. The lowest BCUT2D eigenvalue weighted by Crippen LogP contribution is -2.52. The summed E-state index contributed by atoms with van der Waals surface area (Å²) in [6.45, 7) is 2.84. The highest BCUT2D eigenvalue weighted by Gasteiger charge is 2.36. The molecule has 0 radical (unpaired) electrons. The van der Waals surface area contributed by atoms with E-state index in [1.165, 1.54) is 36.3 Å². The van der Waals surface area contributed by atoms with E-state index in [4.69, 9.17) is 0 Å². The van der Waals surface area contributed by atoms with Crippen molar-refractivity contribution in [1.82, 2.24) is 0 Å². The first kappa shape index (κ1) is 14.8. The molecule has 5 nitrogen and oxygen atoms in total. The summed E-state index contributed by atoms with van der Waals surface area (Å²) in [7, 11) is 0. The SMILES string of the molecule is CC(=O)C(C(C)=O)N1C(=O)CNc2cc3c(cc21)CCCC3. The molecule has 0 atom stereocenters. The number of benzene rings is 1. The van der Waals surface area contributed by atoms with Crippen LogP contribution in [0.15, 0.2) is 12.1 Å². The fourth-order valence-corrected chi connectivity index (χ4v) is 3.44. The predicted molar refractivity (Wildman–Crippen MR) is 84.2 cm³/mol. The molecule has 1 aromatic carbocycles. The number of carbonyl (C=O) groups is 3. The van der Waals surface area contributed by atoms with Crippen molar-refractivity contribution < 1.29 is 14.4 Å². The van der Waals surface area contributed by atoms with Gasteiger partial charge < -0.3 is 5.32 Å². The van der Waals surface area contributed by atoms with E-state index < -0.39 is 6.04 Å². The number of hydrogen-bond acceptors (Lipinski definition) is 4. The molecule has 1 amide bonds. The van der Waals surface area contributed by atoms with Gasteiger partial charge in [-0.1, -0.05) is 0 Å². The number of carbonyl (C=O) groups excluding carboxylic acids is 3. The van der Waals surface area contributed by atoms with Gasteiger partial charge in [-0.05, 0) is 62.8 Å². The molecule has 0 fully saturated rings. The van der Waals surface area contributed by atoms with Crippen LogP contribution in [0.1, 0.15) is 37.8 Å². The van der Waals surface area contributed by atoms with Gasteiger partial charge in [0.05, 0.1) is 17.9 Å². The van der Waals surface area contributed by atoms with E-state index in [-0.39, 0.29) is 24.0 Å². The number of Topliss-reactive ketones (excluding diaryl/α,β-unsaturated/α-hetero) is 2. The summed E-state index contributed by atoms with van der Waals surface area (Å²) in [5.41, 5.74) is 4.02. The number of nitrogens with one attached hydrogen (secondary N) is 1. The first-order chi connectivity index (χ1) is 10.5. The summed E-state index contributed by atoms with van der Waals surface area (Å²) in [6, 6.07) is 3.03. The molecule has 1 N–H and O–H groups in total. The van der Waals surface area contributed by atoms with Crippen LogP contribution >= 0.6 is 0 Å². The van der Waals surface area contributed by atoms with Crippen molar-refractivity contribution in [1.29, 1.82) is 0 Å². The number of aryl methyl sites for hydroxylation is 2. The van der Waals surface area contributed by atoms with Gasteiger partial charge in [0.25, 0.3) is 0 Å². The zero-order chi connectivity index (χ0) is 15.9. The quantitative estimate of drug-likeness (QED) is 0.865. The van der Waals surface area contributed by atoms with E-state index in [2.05, 4.69) is 11.4 Å². The van der Waals surface area contributed by atoms with Crippen LogP contribution in [0.5, 0.6) is 0 Å². The van der Waals surface area contributed by atoms with Crippen molar-refractivity contribution in [3.8, 4) is 0 Å². The number of anilines is 2. The van der Waals surface area contributed by atoms with Gasteiger partial charge in [0, 0.05) is 0 Å². The standard InChI is InChI=1S/C17H20N2O3/c1-10(20)17(11(2)21)19-15-8-13-6-4-3-5-12(13)7-14(15)18-9-16(19)22/h7-8,17-18H,3-6,9H2,1-2H3. The maximum absolute atomic E-state index is 12.3. The van der Waals surface area contributed by atoms with E-state index >= 15 is 0 Å². The molecule has 0 saturated carbocycles. The van der Waals surface area contributed by atoms with Gasteiger partial charge in [-0.3, -0.25) is 19.3 Å². The Morgan fingerprint density at radius 2 is 1.68 bits per heavy atom. The molecule has 1 aliphatic carbocycles. The minimum absolute atomic E-state index is 0.114. The summed E-state index contributed by atoms with van der Waals surface area (Å²) >= 11 is 0. The smallest absolute Gasteiger partial charge is 0.247 e. The number of nitrogens with zero attached hydrogens (tertiary/aromatic N) is 1. The highest BCUT2D eigenvalue weighted by molar-refractivity contribution is 6.16. The van der Waals surface area contributed by atoms with E-state index in [9.17, 15) is 14.4 Å². The second-order valence-electron chi connectivity index (χ2n) is 6.09. The summed E-state index contributed by atoms with van der Waals surface area (Å²) in [4.78, 5) is 37.5. The number of hydrogen-bond donors (Lipinski definition) is 1. The van der Waals surface area contributed by atoms with E-state index in [0.717, 1.165) is 24.9 Å². The first-order valence-electron chi connectivity index (χ1n) is 7.71. The molecule has 5 heteroatoms. The van der Waals surface area contributed by atoms with Crippen molar-refractivity contribution in [2.45, 2.75) is 45.6 Å². The summed E-state index contributed by atoms with van der Waals surface area (Å²) in [5, 5.41) is 3.11. The number of fused-ring (bicyclic) bond motifs is 2. The van der Waals surface area contributed by atoms with Crippen molar-refractivity contribution in [3.63, 3.8) is 0 Å². The molecule has 0 bridgehead atoms. The third kappa shape index (κ3) is 2.40. The molecule has 1 aromatic rings. The maximum Gasteiger partial charge on any atom is 0.247 e. The Balaban J connectivity index is 2.11. The van der Waals surface area contributed by atoms with Crippen LogP contribution in [0, 0.1) is 0 Å². The Kier molecular flexibility index (Phi) is 3.72. The Bertz CT molecular complexity index is 652. The van der Waals surface area contributed by atoms with E-state index in [0.29, 0.717) is 5.69 Å². The minimum Gasteiger partial charge on any atom is -0.374 e. The first-order valence-corrected chi connectivity index (χ1v) is 7.71. The van der Waals surface area contributed by atoms with Crippen LogP contribution in [0.25, 0.3) is 0 Å². The monoisotopic (exact) mass is 300 g/mol. The third-order valence-electron chi connectivity index (χ3n) is 4.45. The fourth-order valence-electron chi connectivity index (χ4n) is 3.44. The molecule has 1 aliphatic heterocycles. The van der Waals surface area contributed by atoms with E-state index in [1.807, 2.05) is 6.07 Å². The van der Waals surface area contributed by atoms with Crippen molar-refractivity contribution >= 4 is 28.8 Å². The summed E-state index contributed by atoms with van der Waals surface area (Å²) in [5.74, 6) is -0.837. The zero-order valence-electron chi connectivity index (χ0n) is 12.9. The van der Waals surface area contributed by atoms with Gasteiger partial charge in [-0.25, -0.2) is 0 Å². The largest absolute Gasteiger partial charge is 0.374 e. The van der Waals surface area contributed by atoms with Crippen molar-refractivity contribution in [3.05, 3.63) is 23.3 Å². The minimum atomic E-state index is -1.02. The average molecular weight is 300 g/mol. The topological polar surface area (TPSA) is 66.5 Å². The molecule has 3 rings (SSSR count). The van der Waals surface area contributed by atoms with Crippen LogP contribution in [-0.4, -0.2) is 30.1 Å². The van der Waals surface area contributed by atoms with Crippen molar-refractivity contribution in [2.75, 3.05) is 16.8 Å². The van der Waals surface area contributed by atoms with Gasteiger partial charge in [0.1, 0.15) is 0 Å². The molecule has 22 heavy (non-hydrogen) atoms. The van der Waals surface area contributed by atoms with Crippen molar-refractivity contribution in [2.24, 2.45) is 0 Å². The Labute approximate surface area is 129 Å². The summed E-state index contributed by atoms with van der Waals surface area (Å²) in [6.07, 6.45) is 4.34. The maximum atomic E-state index is 12.3. The lowest BCUT2D eigenvalue weighted by molar-refractivity contribution is -0.130. The van der Waals surface area contributed by atoms with Crippen LogP contribution < -0.4 is 10.2 Å². The van der Waals surface area contributed by atoms with Gasteiger partial charge in [0.15, 0.2) is 17.6 Å². The Morgan fingerprint density at radius 1 is 1.09 bits per heavy atom. The number of amides is 1. The lowest BCUT2D eigenvalue weighted by Gasteiger charge is -2.35. The number of rotatable bonds is 3. The number of ketones is 2. The molecule has 0 spiro atoms. The van der Waals surface area contributed by atoms with Crippen LogP contribution in [0.3, 0.4) is 0 Å². The average Bonchev–Trinajstić information content (AvgIpc) is 2.47.